The van der Waals surface area contributed by atoms with Gasteiger partial charge in [-0.2, -0.15) is 0 Å². The van der Waals surface area contributed by atoms with Gasteiger partial charge in [0.2, 0.25) is 0 Å². The average Bonchev–Trinajstić information content (AvgIpc) is 2.75. The summed E-state index contributed by atoms with van der Waals surface area (Å²) in [6, 6.07) is 2.62. The largest absolute Gasteiger partial charge is 0.395 e. The second-order valence-electron chi connectivity index (χ2n) is 4.81. The van der Waals surface area contributed by atoms with Gasteiger partial charge in [0.25, 0.3) is 0 Å². The van der Waals surface area contributed by atoms with Crippen LogP contribution in [-0.4, -0.2) is 50.8 Å². The van der Waals surface area contributed by atoms with Gasteiger partial charge in [-0.3, -0.25) is 9.88 Å². The molecular formula is C13H18N4O. The number of aromatic nitrogens is 3. The van der Waals surface area contributed by atoms with Gasteiger partial charge in [0.1, 0.15) is 5.52 Å². The number of hydrogen-bond acceptors (Lipinski definition) is 4. The van der Waals surface area contributed by atoms with Crippen LogP contribution in [0.1, 0.15) is 18.7 Å². The van der Waals surface area contributed by atoms with Crippen molar-refractivity contribution in [1.29, 1.82) is 0 Å². The van der Waals surface area contributed by atoms with Crippen LogP contribution in [0.4, 0.5) is 0 Å². The van der Waals surface area contributed by atoms with Gasteiger partial charge in [-0.05, 0) is 12.5 Å². The summed E-state index contributed by atoms with van der Waals surface area (Å²) in [5, 5.41) is 8.89. The molecular weight excluding hydrogens is 228 g/mol. The molecule has 0 unspecified atom stereocenters. The van der Waals surface area contributed by atoms with Crippen molar-refractivity contribution in [3.63, 3.8) is 0 Å². The molecule has 1 N–H and O–H groups in total. The Bertz CT molecular complexity index is 545. The number of pyridine rings is 1. The normalized spacial score (nSPS) is 17.2. The molecule has 1 fully saturated rings. The van der Waals surface area contributed by atoms with Gasteiger partial charge in [0, 0.05) is 25.3 Å². The van der Waals surface area contributed by atoms with Crippen molar-refractivity contribution >= 4 is 11.0 Å². The fourth-order valence-corrected chi connectivity index (χ4v) is 2.50. The second-order valence-corrected chi connectivity index (χ2v) is 4.81. The third-order valence-electron chi connectivity index (χ3n) is 3.63. The Morgan fingerprint density at radius 1 is 1.39 bits per heavy atom. The third kappa shape index (κ3) is 1.89. The highest BCUT2D eigenvalue weighted by atomic mass is 16.3. The molecule has 0 aromatic carbocycles. The van der Waals surface area contributed by atoms with Crippen LogP contribution in [0.25, 0.3) is 11.0 Å². The van der Waals surface area contributed by atoms with Gasteiger partial charge < -0.3 is 9.67 Å². The highest BCUT2D eigenvalue weighted by molar-refractivity contribution is 5.74. The number of aliphatic hydroxyl groups excluding tert-OH is 1. The van der Waals surface area contributed by atoms with Crippen LogP contribution >= 0.6 is 0 Å². The monoisotopic (exact) mass is 246 g/mol. The Kier molecular flexibility index (Phi) is 3.01. The van der Waals surface area contributed by atoms with Gasteiger partial charge in [-0.15, -0.1) is 0 Å². The summed E-state index contributed by atoms with van der Waals surface area (Å²) >= 11 is 0. The number of β-amino-alcohol motifs (C(OH)–C–C–N with tert-alkyl or cyclic N) is 1. The van der Waals surface area contributed by atoms with Crippen LogP contribution < -0.4 is 0 Å². The predicted molar refractivity (Wildman–Crippen MR) is 69.5 cm³/mol. The Morgan fingerprint density at radius 2 is 2.22 bits per heavy atom. The molecule has 1 aliphatic heterocycles. The zero-order chi connectivity index (χ0) is 12.5. The molecule has 18 heavy (non-hydrogen) atoms. The molecule has 3 rings (SSSR count). The Morgan fingerprint density at radius 3 is 2.94 bits per heavy atom. The first kappa shape index (κ1) is 11.6. The average molecular weight is 246 g/mol. The summed E-state index contributed by atoms with van der Waals surface area (Å²) in [7, 11) is 0. The minimum absolute atomic E-state index is 0.237. The lowest BCUT2D eigenvalue weighted by molar-refractivity contribution is 0.0858. The van der Waals surface area contributed by atoms with Gasteiger partial charge in [-0.1, -0.05) is 6.92 Å². The number of hydrogen-bond donors (Lipinski definition) is 1. The molecule has 0 aliphatic carbocycles. The molecule has 0 bridgehead atoms. The van der Waals surface area contributed by atoms with Crippen LogP contribution in [0.2, 0.25) is 0 Å². The number of aryl methyl sites for hydroxylation is 1. The van der Waals surface area contributed by atoms with E-state index in [9.17, 15) is 0 Å². The Labute approximate surface area is 106 Å². The molecule has 2 aromatic rings. The number of nitrogens with zero attached hydrogens (tertiary/aromatic N) is 4. The van der Waals surface area contributed by atoms with E-state index in [4.69, 9.17) is 5.11 Å². The zero-order valence-corrected chi connectivity index (χ0v) is 10.6. The summed E-state index contributed by atoms with van der Waals surface area (Å²) in [5.41, 5.74) is 3.25. The first-order valence-electron chi connectivity index (χ1n) is 6.46. The van der Waals surface area contributed by atoms with Gasteiger partial charge >= 0.3 is 0 Å². The van der Waals surface area contributed by atoms with E-state index in [1.165, 1.54) is 5.52 Å². The van der Waals surface area contributed by atoms with Crippen molar-refractivity contribution in [2.45, 2.75) is 19.4 Å². The maximum Gasteiger partial charge on any atom is 0.107 e. The van der Waals surface area contributed by atoms with Crippen molar-refractivity contribution in [3.05, 3.63) is 24.3 Å². The molecule has 0 saturated carbocycles. The molecule has 5 nitrogen and oxygen atoms in total. The predicted octanol–water partition coefficient (Wildman–Crippen LogP) is 0.843. The first-order valence-corrected chi connectivity index (χ1v) is 6.46. The van der Waals surface area contributed by atoms with E-state index in [1.807, 2.05) is 12.5 Å². The third-order valence-corrected chi connectivity index (χ3v) is 3.63. The van der Waals surface area contributed by atoms with Crippen molar-refractivity contribution in [1.82, 2.24) is 19.4 Å². The topological polar surface area (TPSA) is 54.2 Å². The second kappa shape index (κ2) is 4.66. The van der Waals surface area contributed by atoms with Gasteiger partial charge in [-0.25, -0.2) is 4.98 Å². The van der Waals surface area contributed by atoms with Crippen molar-refractivity contribution in [2.24, 2.45) is 0 Å². The van der Waals surface area contributed by atoms with Crippen LogP contribution in [0.15, 0.2) is 18.6 Å². The number of rotatable bonds is 4. The molecule has 2 aromatic heterocycles. The van der Waals surface area contributed by atoms with Crippen LogP contribution in [0, 0.1) is 0 Å². The molecule has 1 aliphatic rings. The Balaban J connectivity index is 1.84. The van der Waals surface area contributed by atoms with E-state index < -0.39 is 0 Å². The van der Waals surface area contributed by atoms with Crippen molar-refractivity contribution in [2.75, 3.05) is 26.2 Å². The molecule has 3 heterocycles. The highest BCUT2D eigenvalue weighted by Gasteiger charge is 2.28. The minimum atomic E-state index is 0.237. The quantitative estimate of drug-likeness (QED) is 0.868. The highest BCUT2D eigenvalue weighted by Crippen LogP contribution is 2.25. The summed E-state index contributed by atoms with van der Waals surface area (Å²) in [6.07, 6.45) is 4.71. The van der Waals surface area contributed by atoms with E-state index >= 15 is 0 Å². The summed E-state index contributed by atoms with van der Waals surface area (Å²) < 4.78 is 2.24. The minimum Gasteiger partial charge on any atom is -0.395 e. The molecule has 0 atom stereocenters. The number of imidazole rings is 1. The summed E-state index contributed by atoms with van der Waals surface area (Å²) in [6.45, 7) is 5.11. The van der Waals surface area contributed by atoms with Gasteiger partial charge in [0.15, 0.2) is 0 Å². The standard InChI is InChI=1S/C13H18N4O/c1-2-10-5-13-12(6-14-10)15-9-17(13)11-7-16(8-11)3-4-18/h5-6,9,11,18H,2-4,7-8H2,1H3. The molecule has 0 spiro atoms. The van der Waals surface area contributed by atoms with Crippen LogP contribution in [0.5, 0.6) is 0 Å². The maximum atomic E-state index is 8.89. The molecule has 0 amide bonds. The lowest BCUT2D eigenvalue weighted by Gasteiger charge is -2.39. The summed E-state index contributed by atoms with van der Waals surface area (Å²) in [5.74, 6) is 0. The van der Waals surface area contributed by atoms with Crippen LogP contribution in [-0.2, 0) is 6.42 Å². The van der Waals surface area contributed by atoms with E-state index in [2.05, 4.69) is 32.4 Å². The zero-order valence-electron chi connectivity index (χ0n) is 10.6. The van der Waals surface area contributed by atoms with E-state index in [1.54, 1.807) is 0 Å². The number of likely N-dealkylation sites (tertiary alicyclic amines) is 1. The van der Waals surface area contributed by atoms with Gasteiger partial charge in [0.05, 0.1) is 30.7 Å². The first-order chi connectivity index (χ1) is 8.81. The van der Waals surface area contributed by atoms with E-state index in [0.717, 1.165) is 37.3 Å². The maximum absolute atomic E-state index is 8.89. The summed E-state index contributed by atoms with van der Waals surface area (Å²) in [4.78, 5) is 11.0. The fourth-order valence-electron chi connectivity index (χ4n) is 2.50. The lowest BCUT2D eigenvalue weighted by Crippen LogP contribution is -2.48. The molecule has 96 valence electrons. The lowest BCUT2D eigenvalue weighted by atomic mass is 10.1. The van der Waals surface area contributed by atoms with E-state index in [-0.39, 0.29) is 6.61 Å². The SMILES string of the molecule is CCc1cc2c(cn1)ncn2C1CN(CCO)C1. The molecule has 1 saturated heterocycles. The Hall–Kier alpha value is -1.46. The molecule has 5 heteroatoms. The number of fused-ring (bicyclic) bond motifs is 1. The van der Waals surface area contributed by atoms with Crippen molar-refractivity contribution < 1.29 is 5.11 Å². The van der Waals surface area contributed by atoms with Crippen molar-refractivity contribution in [3.8, 4) is 0 Å². The number of aliphatic hydroxyl groups is 1. The van der Waals surface area contributed by atoms with Crippen LogP contribution in [0.3, 0.4) is 0 Å². The fraction of sp³-hybridized carbons (Fsp3) is 0.538. The van der Waals surface area contributed by atoms with E-state index in [0.29, 0.717) is 6.04 Å². The smallest absolute Gasteiger partial charge is 0.107 e. The molecule has 0 radical (unpaired) electrons.